The molecule has 0 aromatic heterocycles. The summed E-state index contributed by atoms with van der Waals surface area (Å²) in [6, 6.07) is 12.3. The second-order valence-corrected chi connectivity index (χ2v) is 9.81. The van der Waals surface area contributed by atoms with Crippen LogP contribution in [0.4, 0.5) is 5.69 Å². The normalized spacial score (nSPS) is 23.6. The number of carbonyl (C=O) groups excluding carboxylic acids is 1. The summed E-state index contributed by atoms with van der Waals surface area (Å²) in [4.78, 5) is 12.9. The number of fused-ring (bicyclic) bond motifs is 2. The molecule has 0 saturated heterocycles. The average molecular weight is 399 g/mol. The second kappa shape index (κ2) is 7.24. The zero-order valence-corrected chi connectivity index (χ0v) is 17.1. The summed E-state index contributed by atoms with van der Waals surface area (Å²) in [5, 5.41) is 3.13. The molecule has 2 fully saturated rings. The number of para-hydroxylation sites is 1. The van der Waals surface area contributed by atoms with Crippen molar-refractivity contribution in [1.82, 2.24) is 5.32 Å². The Morgan fingerprint density at radius 1 is 1.00 bits per heavy atom. The van der Waals surface area contributed by atoms with E-state index in [1.807, 2.05) is 19.1 Å². The van der Waals surface area contributed by atoms with Crippen LogP contribution < -0.4 is 10.0 Å². The van der Waals surface area contributed by atoms with Gasteiger partial charge in [0, 0.05) is 11.6 Å². The van der Waals surface area contributed by atoms with Gasteiger partial charge < -0.3 is 5.32 Å². The first-order valence-electron chi connectivity index (χ1n) is 9.83. The second-order valence-electron chi connectivity index (χ2n) is 8.16. The van der Waals surface area contributed by atoms with Gasteiger partial charge in [-0.3, -0.25) is 9.52 Å². The number of rotatable bonds is 5. The molecule has 148 valence electrons. The van der Waals surface area contributed by atoms with Crippen LogP contribution in [0.2, 0.25) is 0 Å². The van der Waals surface area contributed by atoms with Crippen LogP contribution in [0.5, 0.6) is 0 Å². The lowest BCUT2D eigenvalue weighted by Gasteiger charge is -2.23. The van der Waals surface area contributed by atoms with Crippen molar-refractivity contribution in [2.75, 3.05) is 4.72 Å². The Balaban J connectivity index is 1.56. The van der Waals surface area contributed by atoms with Gasteiger partial charge in [-0.2, -0.15) is 0 Å². The molecule has 0 radical (unpaired) electrons. The molecule has 28 heavy (non-hydrogen) atoms. The van der Waals surface area contributed by atoms with E-state index in [-0.39, 0.29) is 16.8 Å². The molecule has 2 aromatic carbocycles. The number of amides is 1. The summed E-state index contributed by atoms with van der Waals surface area (Å²) in [6.07, 6.45) is 4.71. The topological polar surface area (TPSA) is 75.3 Å². The van der Waals surface area contributed by atoms with Crippen LogP contribution in [0.15, 0.2) is 47.4 Å². The van der Waals surface area contributed by atoms with Gasteiger partial charge in [0.15, 0.2) is 0 Å². The fourth-order valence-electron chi connectivity index (χ4n) is 4.59. The van der Waals surface area contributed by atoms with Crippen molar-refractivity contribution in [3.05, 3.63) is 59.2 Å². The zero-order chi connectivity index (χ0) is 19.9. The minimum absolute atomic E-state index is 0.136. The van der Waals surface area contributed by atoms with E-state index >= 15 is 0 Å². The number of hydrogen-bond acceptors (Lipinski definition) is 3. The quantitative estimate of drug-likeness (QED) is 0.799. The molecule has 4 rings (SSSR count). The van der Waals surface area contributed by atoms with Gasteiger partial charge >= 0.3 is 0 Å². The van der Waals surface area contributed by atoms with Gasteiger partial charge in [0.2, 0.25) is 0 Å². The molecular weight excluding hydrogens is 372 g/mol. The van der Waals surface area contributed by atoms with Gasteiger partial charge in [0.25, 0.3) is 15.9 Å². The first kappa shape index (κ1) is 19.0. The van der Waals surface area contributed by atoms with Gasteiger partial charge in [0.05, 0.1) is 10.6 Å². The van der Waals surface area contributed by atoms with Crippen LogP contribution in [0.1, 0.15) is 47.2 Å². The van der Waals surface area contributed by atoms with Crippen molar-refractivity contribution < 1.29 is 13.2 Å². The van der Waals surface area contributed by atoms with Crippen molar-refractivity contribution in [1.29, 1.82) is 0 Å². The standard InChI is InChI=1S/C22H26N2O3S/c1-14-5-3-4-6-19(14)24-28(26,27)21-13-18(9-7-15(21)2)22(25)23-20-12-16-8-10-17(20)11-16/h3-7,9,13,16-17,20,24H,8,10-12H2,1-2H3,(H,23,25)/t16-,17-,20-/m0/s1. The molecule has 0 aliphatic heterocycles. The first-order chi connectivity index (χ1) is 13.3. The number of benzene rings is 2. The SMILES string of the molecule is Cc1ccccc1NS(=O)(=O)c1cc(C(=O)N[C@H]2C[C@H]3CC[C@H]2C3)ccc1C. The molecule has 3 atom stereocenters. The van der Waals surface area contributed by atoms with Gasteiger partial charge in [-0.1, -0.05) is 30.7 Å². The molecule has 2 bridgehead atoms. The van der Waals surface area contributed by atoms with Crippen LogP contribution in [0.3, 0.4) is 0 Å². The summed E-state index contributed by atoms with van der Waals surface area (Å²) in [7, 11) is -3.79. The summed E-state index contributed by atoms with van der Waals surface area (Å²) in [5.41, 5.74) is 2.38. The maximum Gasteiger partial charge on any atom is 0.262 e. The summed E-state index contributed by atoms with van der Waals surface area (Å²) in [6.45, 7) is 3.59. The minimum atomic E-state index is -3.79. The number of nitrogens with one attached hydrogen (secondary N) is 2. The number of aryl methyl sites for hydroxylation is 2. The van der Waals surface area contributed by atoms with E-state index in [2.05, 4.69) is 10.0 Å². The minimum Gasteiger partial charge on any atom is -0.349 e. The van der Waals surface area contributed by atoms with Crippen LogP contribution in [-0.4, -0.2) is 20.4 Å². The highest BCUT2D eigenvalue weighted by Gasteiger charge is 2.40. The van der Waals surface area contributed by atoms with Gasteiger partial charge in [0.1, 0.15) is 0 Å². The third-order valence-corrected chi connectivity index (χ3v) is 7.69. The smallest absolute Gasteiger partial charge is 0.262 e. The largest absolute Gasteiger partial charge is 0.349 e. The number of carbonyl (C=O) groups is 1. The van der Waals surface area contributed by atoms with E-state index in [4.69, 9.17) is 0 Å². The lowest BCUT2D eigenvalue weighted by molar-refractivity contribution is 0.0922. The molecule has 2 N–H and O–H groups in total. The predicted octanol–water partition coefficient (Wildman–Crippen LogP) is 4.02. The molecule has 0 unspecified atom stereocenters. The highest BCUT2D eigenvalue weighted by atomic mass is 32.2. The average Bonchev–Trinajstić information content (AvgIpc) is 3.26. The molecule has 1 amide bonds. The lowest BCUT2D eigenvalue weighted by atomic mass is 9.95. The maximum atomic E-state index is 13.0. The third kappa shape index (κ3) is 3.65. The van der Waals surface area contributed by atoms with Gasteiger partial charge in [-0.25, -0.2) is 8.42 Å². The highest BCUT2D eigenvalue weighted by Crippen LogP contribution is 2.44. The number of sulfonamides is 1. The van der Waals surface area contributed by atoms with Crippen molar-refractivity contribution in [2.45, 2.75) is 50.5 Å². The van der Waals surface area contributed by atoms with Crippen molar-refractivity contribution in [3.8, 4) is 0 Å². The molecule has 2 aliphatic carbocycles. The predicted molar refractivity (Wildman–Crippen MR) is 110 cm³/mol. The van der Waals surface area contributed by atoms with E-state index in [1.54, 1.807) is 31.2 Å². The Labute approximate surface area is 166 Å². The van der Waals surface area contributed by atoms with Crippen LogP contribution in [0, 0.1) is 25.7 Å². The van der Waals surface area contributed by atoms with Crippen LogP contribution in [-0.2, 0) is 10.0 Å². The third-order valence-electron chi connectivity index (χ3n) is 6.18. The summed E-state index contributed by atoms with van der Waals surface area (Å²) < 4.78 is 28.6. The fourth-order valence-corrected chi connectivity index (χ4v) is 5.99. The monoisotopic (exact) mass is 398 g/mol. The molecule has 0 heterocycles. The Kier molecular flexibility index (Phi) is 4.91. The summed E-state index contributed by atoms with van der Waals surface area (Å²) in [5.74, 6) is 1.12. The Hall–Kier alpha value is -2.34. The molecule has 0 spiro atoms. The Morgan fingerprint density at radius 2 is 1.79 bits per heavy atom. The molecule has 6 heteroatoms. The molecule has 5 nitrogen and oxygen atoms in total. The molecule has 2 aromatic rings. The van der Waals surface area contributed by atoms with Crippen molar-refractivity contribution in [2.24, 2.45) is 11.8 Å². The van der Waals surface area contributed by atoms with Crippen molar-refractivity contribution >= 4 is 21.6 Å². The van der Waals surface area contributed by atoms with E-state index in [0.29, 0.717) is 22.7 Å². The molecular formula is C22H26N2O3S. The van der Waals surface area contributed by atoms with Gasteiger partial charge in [-0.05, 0) is 74.3 Å². The Bertz CT molecular complexity index is 1020. The maximum absolute atomic E-state index is 13.0. The molecule has 2 saturated carbocycles. The van der Waals surface area contributed by atoms with Crippen LogP contribution >= 0.6 is 0 Å². The van der Waals surface area contributed by atoms with Crippen LogP contribution in [0.25, 0.3) is 0 Å². The van der Waals surface area contributed by atoms with Gasteiger partial charge in [-0.15, -0.1) is 0 Å². The van der Waals surface area contributed by atoms with Crippen molar-refractivity contribution in [3.63, 3.8) is 0 Å². The molecule has 2 aliphatic rings. The zero-order valence-electron chi connectivity index (χ0n) is 16.2. The Morgan fingerprint density at radius 3 is 2.46 bits per heavy atom. The van der Waals surface area contributed by atoms with E-state index < -0.39 is 10.0 Å². The number of hydrogen-bond donors (Lipinski definition) is 2. The lowest BCUT2D eigenvalue weighted by Crippen LogP contribution is -2.38. The first-order valence-corrected chi connectivity index (χ1v) is 11.3. The van der Waals surface area contributed by atoms with E-state index in [0.717, 1.165) is 17.9 Å². The highest BCUT2D eigenvalue weighted by molar-refractivity contribution is 7.92. The van der Waals surface area contributed by atoms with E-state index in [1.165, 1.54) is 25.3 Å². The van der Waals surface area contributed by atoms with E-state index in [9.17, 15) is 13.2 Å². The fraction of sp³-hybridized carbons (Fsp3) is 0.409. The number of anilines is 1. The summed E-state index contributed by atoms with van der Waals surface area (Å²) >= 11 is 0.